The number of nitrogens with one attached hydrogen (secondary N) is 1. The van der Waals surface area contributed by atoms with E-state index >= 15 is 0 Å². The van der Waals surface area contributed by atoms with Crippen LogP contribution in [0.5, 0.6) is 0 Å². The molecule has 0 amide bonds. The van der Waals surface area contributed by atoms with Gasteiger partial charge in [-0.1, -0.05) is 146 Å². The van der Waals surface area contributed by atoms with Gasteiger partial charge in [0, 0.05) is 0 Å². The molecule has 0 bridgehead atoms. The summed E-state index contributed by atoms with van der Waals surface area (Å²) in [6.07, 6.45) is 0. The molecular weight excluding hydrogens is 575 g/mol. The van der Waals surface area contributed by atoms with Crippen molar-refractivity contribution in [1.29, 1.82) is 0 Å². The second kappa shape index (κ2) is 12.6. The highest BCUT2D eigenvalue weighted by atomic mass is 28.4. The lowest BCUT2D eigenvalue weighted by Crippen LogP contribution is -2.91. The average molecular weight is 618 g/mol. The molecule has 0 saturated heterocycles. The average Bonchev–Trinajstić information content (AvgIpc) is 3.04. The number of aryl methyl sites for hydroxylation is 6. The SMILES string of the molecule is Cc1ccccc1[Si](N[Si](c1ccccc1C)(c1ccccc1C)c1ccccc1C)(c1ccccc1C)c1ccccc1C. The molecule has 3 heteroatoms. The van der Waals surface area contributed by atoms with E-state index in [2.05, 4.69) is 187 Å². The van der Waals surface area contributed by atoms with Crippen molar-refractivity contribution in [1.82, 2.24) is 4.65 Å². The molecule has 0 unspecified atom stereocenters. The number of benzene rings is 6. The maximum atomic E-state index is 4.90. The van der Waals surface area contributed by atoms with Crippen LogP contribution < -0.4 is 35.8 Å². The van der Waals surface area contributed by atoms with Gasteiger partial charge in [-0.15, -0.1) is 0 Å². The van der Waals surface area contributed by atoms with Crippen molar-refractivity contribution in [2.24, 2.45) is 0 Å². The molecule has 45 heavy (non-hydrogen) atoms. The highest BCUT2D eigenvalue weighted by molar-refractivity contribution is 7.23. The van der Waals surface area contributed by atoms with Gasteiger partial charge in [0.25, 0.3) is 0 Å². The first-order valence-electron chi connectivity index (χ1n) is 16.0. The first kappa shape index (κ1) is 30.7. The Morgan fingerprint density at radius 2 is 0.422 bits per heavy atom. The van der Waals surface area contributed by atoms with E-state index in [-0.39, 0.29) is 0 Å². The third-order valence-electron chi connectivity index (χ3n) is 9.67. The van der Waals surface area contributed by atoms with Crippen LogP contribution >= 0.6 is 0 Å². The van der Waals surface area contributed by atoms with Crippen LogP contribution in [0.1, 0.15) is 33.4 Å². The Labute approximate surface area is 271 Å². The maximum Gasteiger partial charge on any atom is 0.217 e. The van der Waals surface area contributed by atoms with Crippen LogP contribution in [0.4, 0.5) is 0 Å². The zero-order chi connectivity index (χ0) is 31.6. The van der Waals surface area contributed by atoms with Gasteiger partial charge < -0.3 is 4.65 Å². The van der Waals surface area contributed by atoms with E-state index in [9.17, 15) is 0 Å². The maximum absolute atomic E-state index is 4.90. The topological polar surface area (TPSA) is 12.0 Å². The first-order valence-corrected chi connectivity index (χ1v) is 20.0. The fourth-order valence-corrected chi connectivity index (χ4v) is 20.9. The predicted molar refractivity (Wildman–Crippen MR) is 200 cm³/mol. The van der Waals surface area contributed by atoms with E-state index < -0.39 is 16.5 Å². The minimum absolute atomic E-state index is 1.32. The molecule has 0 aliphatic rings. The van der Waals surface area contributed by atoms with Crippen molar-refractivity contribution in [3.05, 3.63) is 179 Å². The summed E-state index contributed by atoms with van der Waals surface area (Å²) < 4.78 is 4.90. The monoisotopic (exact) mass is 617 g/mol. The number of hydrogen-bond acceptors (Lipinski definition) is 1. The van der Waals surface area contributed by atoms with Crippen molar-refractivity contribution in [2.75, 3.05) is 0 Å². The van der Waals surface area contributed by atoms with Gasteiger partial charge in [0.1, 0.15) is 0 Å². The summed E-state index contributed by atoms with van der Waals surface area (Å²) in [6.45, 7) is 13.8. The van der Waals surface area contributed by atoms with Crippen LogP contribution in [-0.2, 0) is 0 Å². The summed E-state index contributed by atoms with van der Waals surface area (Å²) >= 11 is 0. The van der Waals surface area contributed by atoms with E-state index in [0.717, 1.165) is 0 Å². The van der Waals surface area contributed by atoms with Gasteiger partial charge in [-0.05, 0) is 106 Å². The highest BCUT2D eigenvalue weighted by Gasteiger charge is 2.53. The quantitative estimate of drug-likeness (QED) is 0.169. The minimum atomic E-state index is -3.00. The molecule has 1 nitrogen and oxygen atoms in total. The molecule has 0 radical (unpaired) electrons. The molecule has 6 aromatic carbocycles. The van der Waals surface area contributed by atoms with Crippen LogP contribution in [0.15, 0.2) is 146 Å². The smallest absolute Gasteiger partial charge is 0.217 e. The lowest BCUT2D eigenvalue weighted by atomic mass is 10.2. The van der Waals surface area contributed by atoms with Crippen molar-refractivity contribution < 1.29 is 0 Å². The lowest BCUT2D eigenvalue weighted by molar-refractivity contribution is 1.33. The van der Waals surface area contributed by atoms with Crippen LogP contribution in [0.3, 0.4) is 0 Å². The Balaban J connectivity index is 1.89. The normalized spacial score (nSPS) is 11.9. The van der Waals surface area contributed by atoms with E-state index in [4.69, 9.17) is 4.65 Å². The van der Waals surface area contributed by atoms with Crippen molar-refractivity contribution in [3.8, 4) is 0 Å². The Bertz CT molecular complexity index is 1610. The molecule has 0 aliphatic carbocycles. The van der Waals surface area contributed by atoms with Gasteiger partial charge in [0.15, 0.2) is 0 Å². The summed E-state index contributed by atoms with van der Waals surface area (Å²) in [6, 6.07) is 54.7. The third-order valence-corrected chi connectivity index (χ3v) is 20.9. The summed E-state index contributed by atoms with van der Waals surface area (Å²) in [7, 11) is -6.00. The van der Waals surface area contributed by atoms with E-state index in [1.165, 1.54) is 64.5 Å². The Morgan fingerprint density at radius 3 is 0.578 bits per heavy atom. The molecule has 1 N–H and O–H groups in total. The van der Waals surface area contributed by atoms with Crippen molar-refractivity contribution >= 4 is 47.6 Å². The van der Waals surface area contributed by atoms with Gasteiger partial charge in [0.2, 0.25) is 16.5 Å². The fraction of sp³-hybridized carbons (Fsp3) is 0.143. The van der Waals surface area contributed by atoms with Crippen molar-refractivity contribution in [3.63, 3.8) is 0 Å². The predicted octanol–water partition coefficient (Wildman–Crippen LogP) is 5.76. The molecule has 0 aliphatic heterocycles. The molecule has 0 heterocycles. The Hall–Kier alpha value is -4.29. The number of hydrogen-bond donors (Lipinski definition) is 1. The lowest BCUT2D eigenvalue weighted by Gasteiger charge is -2.47. The van der Waals surface area contributed by atoms with Gasteiger partial charge >= 0.3 is 0 Å². The zero-order valence-electron chi connectivity index (χ0n) is 27.4. The molecule has 0 spiro atoms. The van der Waals surface area contributed by atoms with E-state index in [1.807, 2.05) is 0 Å². The standard InChI is InChI=1S/C42H43NSi2/c1-31-19-7-13-25-37(31)44(38-26-14-8-20-32(38)2,39-27-15-9-21-33(39)3)43-45(40-28-16-10-22-34(40)4,41-29-17-11-23-35(41)5)42-30-18-12-24-36(42)6/h7-30,43H,1-6H3. The Morgan fingerprint density at radius 1 is 0.267 bits per heavy atom. The molecule has 0 saturated carbocycles. The summed E-state index contributed by atoms with van der Waals surface area (Å²) in [5.41, 5.74) is 7.95. The van der Waals surface area contributed by atoms with Crippen molar-refractivity contribution in [2.45, 2.75) is 41.5 Å². The van der Waals surface area contributed by atoms with Gasteiger partial charge in [-0.3, -0.25) is 0 Å². The summed E-state index contributed by atoms with van der Waals surface area (Å²) in [5.74, 6) is 0. The largest absolute Gasteiger partial charge is 0.338 e. The van der Waals surface area contributed by atoms with Crippen LogP contribution in [0.25, 0.3) is 0 Å². The van der Waals surface area contributed by atoms with Crippen LogP contribution in [0.2, 0.25) is 0 Å². The summed E-state index contributed by atoms with van der Waals surface area (Å²) in [5, 5.41) is 8.51. The third kappa shape index (κ3) is 5.25. The van der Waals surface area contributed by atoms with Gasteiger partial charge in [0.05, 0.1) is 0 Å². The second-order valence-corrected chi connectivity index (χ2v) is 19.7. The molecule has 6 rings (SSSR count). The molecule has 0 atom stereocenters. The molecule has 0 fully saturated rings. The fourth-order valence-electron chi connectivity index (χ4n) is 7.52. The van der Waals surface area contributed by atoms with Gasteiger partial charge in [-0.2, -0.15) is 0 Å². The minimum Gasteiger partial charge on any atom is -0.338 e. The second-order valence-electron chi connectivity index (χ2n) is 12.5. The molecule has 6 aromatic rings. The zero-order valence-corrected chi connectivity index (χ0v) is 29.4. The van der Waals surface area contributed by atoms with E-state index in [1.54, 1.807) is 0 Å². The van der Waals surface area contributed by atoms with Gasteiger partial charge in [-0.25, -0.2) is 0 Å². The number of rotatable bonds is 8. The highest BCUT2D eigenvalue weighted by Crippen LogP contribution is 2.19. The van der Waals surface area contributed by atoms with Crippen LogP contribution in [0, 0.1) is 41.5 Å². The Kier molecular flexibility index (Phi) is 8.61. The van der Waals surface area contributed by atoms with Crippen LogP contribution in [-0.4, -0.2) is 16.5 Å². The van der Waals surface area contributed by atoms with E-state index in [0.29, 0.717) is 0 Å². The molecular formula is C42H43NSi2. The molecule has 0 aromatic heterocycles. The first-order chi connectivity index (χ1) is 21.8. The summed E-state index contributed by atoms with van der Waals surface area (Å²) in [4.78, 5) is 0. The molecule has 224 valence electrons.